The van der Waals surface area contributed by atoms with Gasteiger partial charge in [-0.15, -0.1) is 0 Å². The number of fused-ring (bicyclic) bond motifs is 1. The molecule has 0 atom stereocenters. The van der Waals surface area contributed by atoms with E-state index in [-0.39, 0.29) is 11.0 Å². The smallest absolute Gasteiger partial charge is 0.123 e. The van der Waals surface area contributed by atoms with E-state index >= 15 is 0 Å². The summed E-state index contributed by atoms with van der Waals surface area (Å²) in [5.41, 5.74) is 1.20. The first-order valence-electron chi connectivity index (χ1n) is 5.96. The van der Waals surface area contributed by atoms with Gasteiger partial charge in [0.25, 0.3) is 0 Å². The number of rotatable bonds is 0. The summed E-state index contributed by atoms with van der Waals surface area (Å²) in [4.78, 5) is 0. The first-order valence-corrected chi connectivity index (χ1v) is 5.96. The summed E-state index contributed by atoms with van der Waals surface area (Å²) in [6, 6.07) is 11.5. The third-order valence-corrected chi connectivity index (χ3v) is 2.12. The second kappa shape index (κ2) is 11.9. The molecular weight excluding hydrogens is 228 g/mol. The highest BCUT2D eigenvalue weighted by molar-refractivity contribution is 5.90. The summed E-state index contributed by atoms with van der Waals surface area (Å²) in [6.07, 6.45) is 0. The monoisotopic (exact) mass is 254 g/mol. The van der Waals surface area contributed by atoms with E-state index in [0.29, 0.717) is 5.75 Å². The van der Waals surface area contributed by atoms with Crippen LogP contribution < -0.4 is 0 Å². The number of aryl methyl sites for hydroxylation is 1. The van der Waals surface area contributed by atoms with Crippen LogP contribution >= 0.6 is 0 Å². The normalized spacial score (nSPS) is 7.61. The summed E-state index contributed by atoms with van der Waals surface area (Å²) < 4.78 is 0. The highest BCUT2D eigenvalue weighted by Crippen LogP contribution is 2.26. The van der Waals surface area contributed by atoms with Crippen LogP contribution in [-0.2, 0) is 0 Å². The zero-order valence-electron chi connectivity index (χ0n) is 11.9. The lowest BCUT2D eigenvalue weighted by Gasteiger charge is -2.02. The molecule has 18 heavy (non-hydrogen) atoms. The molecule has 2 aromatic carbocycles. The molecule has 0 fully saturated rings. The van der Waals surface area contributed by atoms with Gasteiger partial charge in [-0.1, -0.05) is 58.0 Å². The van der Waals surface area contributed by atoms with Gasteiger partial charge in [0, 0.05) is 5.39 Å². The van der Waals surface area contributed by atoms with Crippen LogP contribution in [0.15, 0.2) is 36.4 Å². The largest absolute Gasteiger partial charge is 0.507 e. The van der Waals surface area contributed by atoms with Crippen molar-refractivity contribution in [2.45, 2.75) is 34.6 Å². The molecule has 0 saturated heterocycles. The maximum absolute atomic E-state index is 9.50. The third-order valence-electron chi connectivity index (χ3n) is 2.12. The Morgan fingerprint density at radius 2 is 1.17 bits per heavy atom. The number of hydrogen-bond donors (Lipinski definition) is 1. The van der Waals surface area contributed by atoms with E-state index in [1.165, 1.54) is 5.56 Å². The van der Waals surface area contributed by atoms with Gasteiger partial charge in [-0.05, 0) is 23.9 Å². The molecule has 0 amide bonds. The Balaban J connectivity index is -0.000000344. The molecule has 0 bridgehead atoms. The molecule has 0 aliphatic heterocycles. The van der Waals surface area contributed by atoms with Crippen LogP contribution in [-0.4, -0.2) is 16.1 Å². The molecule has 0 aromatic heterocycles. The zero-order valence-corrected chi connectivity index (χ0v) is 11.9. The molecule has 3 heteroatoms. The fraction of sp³-hybridized carbons (Fsp3) is 0.333. The van der Waals surface area contributed by atoms with Crippen molar-refractivity contribution < 1.29 is 16.1 Å². The van der Waals surface area contributed by atoms with Gasteiger partial charge in [0.2, 0.25) is 0 Å². The quantitative estimate of drug-likeness (QED) is 0.769. The molecule has 0 aliphatic rings. The lowest BCUT2D eigenvalue weighted by Crippen LogP contribution is -1.77. The lowest BCUT2D eigenvalue weighted by atomic mass is 10.1. The molecule has 0 unspecified atom stereocenters. The minimum absolute atomic E-state index is 0. The molecule has 0 aliphatic carbocycles. The molecule has 3 nitrogen and oxygen atoms in total. The molecule has 0 radical (unpaired) electrons. The van der Waals surface area contributed by atoms with Crippen molar-refractivity contribution >= 4 is 10.8 Å². The van der Waals surface area contributed by atoms with Crippen molar-refractivity contribution in [2.75, 3.05) is 0 Å². The van der Waals surface area contributed by atoms with Crippen molar-refractivity contribution in [2.24, 2.45) is 0 Å². The topological polar surface area (TPSA) is 83.2 Å². The first-order chi connectivity index (χ1) is 7.79. The predicted molar refractivity (Wildman–Crippen MR) is 80.3 cm³/mol. The van der Waals surface area contributed by atoms with E-state index in [1.807, 2.05) is 65.0 Å². The number of hydrogen-bond acceptors (Lipinski definition) is 1. The number of phenols is 1. The predicted octanol–water partition coefficient (Wildman–Crippen LogP) is 3.26. The zero-order chi connectivity index (χ0) is 12.6. The van der Waals surface area contributed by atoms with Gasteiger partial charge in [-0.3, -0.25) is 0 Å². The molecule has 104 valence electrons. The van der Waals surface area contributed by atoms with Gasteiger partial charge in [-0.25, -0.2) is 0 Å². The van der Waals surface area contributed by atoms with Gasteiger partial charge in [-0.2, -0.15) is 0 Å². The number of benzene rings is 2. The van der Waals surface area contributed by atoms with E-state index in [2.05, 4.69) is 0 Å². The van der Waals surface area contributed by atoms with E-state index < -0.39 is 0 Å². The Kier molecular flexibility index (Phi) is 14.3. The van der Waals surface area contributed by atoms with Crippen LogP contribution in [0.4, 0.5) is 0 Å². The fourth-order valence-electron chi connectivity index (χ4n) is 1.43. The summed E-state index contributed by atoms with van der Waals surface area (Å²) in [7, 11) is 0. The SMILES string of the molecule is CC.CC.Cc1ccc(O)c2ccccc12.O.O. The van der Waals surface area contributed by atoms with Crippen LogP contribution in [0, 0.1) is 6.92 Å². The van der Waals surface area contributed by atoms with E-state index in [1.54, 1.807) is 6.07 Å². The highest BCUT2D eigenvalue weighted by atomic mass is 16.3. The van der Waals surface area contributed by atoms with Gasteiger partial charge in [0.1, 0.15) is 5.75 Å². The van der Waals surface area contributed by atoms with Crippen molar-refractivity contribution in [1.29, 1.82) is 0 Å². The van der Waals surface area contributed by atoms with Crippen molar-refractivity contribution in [3.8, 4) is 5.75 Å². The van der Waals surface area contributed by atoms with E-state index in [4.69, 9.17) is 0 Å². The highest BCUT2D eigenvalue weighted by Gasteiger charge is 1.99. The van der Waals surface area contributed by atoms with Crippen LogP contribution in [0.25, 0.3) is 10.8 Å². The minimum Gasteiger partial charge on any atom is -0.507 e. The summed E-state index contributed by atoms with van der Waals surface area (Å²) in [5.74, 6) is 0.358. The van der Waals surface area contributed by atoms with Crippen molar-refractivity contribution in [3.63, 3.8) is 0 Å². The Morgan fingerprint density at radius 1 is 0.722 bits per heavy atom. The summed E-state index contributed by atoms with van der Waals surface area (Å²) in [6.45, 7) is 10.0. The second-order valence-corrected chi connectivity index (χ2v) is 2.95. The molecule has 0 spiro atoms. The van der Waals surface area contributed by atoms with Gasteiger partial charge in [0.05, 0.1) is 0 Å². The number of phenolic OH excluding ortho intramolecular Hbond substituents is 1. The Hall–Kier alpha value is -1.58. The van der Waals surface area contributed by atoms with Crippen LogP contribution in [0.5, 0.6) is 5.75 Å². The molecule has 2 aromatic rings. The molecule has 2 rings (SSSR count). The maximum atomic E-state index is 9.50. The maximum Gasteiger partial charge on any atom is 0.123 e. The average Bonchev–Trinajstić information content (AvgIpc) is 2.39. The minimum atomic E-state index is 0. The van der Waals surface area contributed by atoms with Crippen LogP contribution in [0.2, 0.25) is 0 Å². The Bertz CT molecular complexity index is 385. The van der Waals surface area contributed by atoms with Gasteiger partial charge in [0.15, 0.2) is 0 Å². The summed E-state index contributed by atoms with van der Waals surface area (Å²) >= 11 is 0. The van der Waals surface area contributed by atoms with E-state index in [0.717, 1.165) is 10.8 Å². The molecule has 5 N–H and O–H groups in total. The van der Waals surface area contributed by atoms with Crippen LogP contribution in [0.3, 0.4) is 0 Å². The third kappa shape index (κ3) is 5.17. The van der Waals surface area contributed by atoms with Crippen molar-refractivity contribution in [3.05, 3.63) is 42.0 Å². The van der Waals surface area contributed by atoms with Crippen LogP contribution in [0.1, 0.15) is 33.3 Å². The van der Waals surface area contributed by atoms with Gasteiger partial charge < -0.3 is 16.1 Å². The fourth-order valence-corrected chi connectivity index (χ4v) is 1.43. The summed E-state index contributed by atoms with van der Waals surface area (Å²) in [5, 5.41) is 11.5. The lowest BCUT2D eigenvalue weighted by molar-refractivity contribution is 0.481. The first kappa shape index (κ1) is 21.7. The average molecular weight is 254 g/mol. The molecule has 0 heterocycles. The Morgan fingerprint density at radius 3 is 1.61 bits per heavy atom. The number of aromatic hydroxyl groups is 1. The standard InChI is InChI=1S/C11H10O.2C2H6.2H2O/c1-8-6-7-11(12)10-5-3-2-4-9(8)10;2*1-2;;/h2-7,12H,1H3;2*1-2H3;2*1H2. The van der Waals surface area contributed by atoms with Crippen molar-refractivity contribution in [1.82, 2.24) is 0 Å². The second-order valence-electron chi connectivity index (χ2n) is 2.95. The molecular formula is C15H26O3. The molecule has 0 saturated carbocycles. The van der Waals surface area contributed by atoms with E-state index in [9.17, 15) is 5.11 Å². The van der Waals surface area contributed by atoms with Gasteiger partial charge >= 0.3 is 0 Å². The Labute approximate surface area is 110 Å².